The van der Waals surface area contributed by atoms with E-state index >= 15 is 26.3 Å². The van der Waals surface area contributed by atoms with Crippen LogP contribution >= 0.6 is 100 Å². The molecule has 2 aliphatic rings. The van der Waals surface area contributed by atoms with E-state index in [4.69, 9.17) is 0 Å². The molecule has 0 saturated carbocycles. The van der Waals surface area contributed by atoms with Gasteiger partial charge in [-0.2, -0.15) is 26.3 Å². The Morgan fingerprint density at radius 2 is 1.31 bits per heavy atom. The van der Waals surface area contributed by atoms with Crippen molar-refractivity contribution in [2.75, 3.05) is 5.75 Å². The molecule has 14 heteroatoms. The lowest BCUT2D eigenvalue weighted by molar-refractivity contribution is -0.254. The van der Waals surface area contributed by atoms with E-state index in [-0.39, 0.29) is 16.0 Å². The molecular weight excluding hydrogens is 875 g/mol. The predicted octanol–water partition coefficient (Wildman–Crippen LogP) is 15.9. The third-order valence-corrected chi connectivity index (χ3v) is 15.8. The molecule has 0 spiro atoms. The highest BCUT2D eigenvalue weighted by Crippen LogP contribution is 2.66. The minimum Gasteiger partial charge on any atom is -0.194 e. The first kappa shape index (κ1) is 38.4. The van der Waals surface area contributed by atoms with E-state index in [1.807, 2.05) is 43.8 Å². The quantitative estimate of drug-likeness (QED) is 0.125. The summed E-state index contributed by atoms with van der Waals surface area (Å²) >= 11 is 15.1. The monoisotopic (exact) mass is 902 g/mol. The second-order valence-corrected chi connectivity index (χ2v) is 21.1. The normalized spacial score (nSPS) is 19.2. The molecule has 7 rings (SSSR count). The summed E-state index contributed by atoms with van der Waals surface area (Å²) in [4.78, 5) is 5.30. The van der Waals surface area contributed by atoms with Crippen molar-refractivity contribution in [1.29, 1.82) is 0 Å². The first-order valence-corrected chi connectivity index (χ1v) is 21.8. The van der Waals surface area contributed by atoms with Gasteiger partial charge >= 0.3 is 17.8 Å². The molecule has 1 saturated heterocycles. The number of thioether (sulfide) groups is 1. The molecule has 0 radical (unpaired) electrons. The lowest BCUT2D eigenvalue weighted by Crippen LogP contribution is -2.48. The van der Waals surface area contributed by atoms with Crippen LogP contribution < -0.4 is 0 Å². The van der Waals surface area contributed by atoms with E-state index in [2.05, 4.69) is 45.7 Å². The Hall–Kier alpha value is -0.870. The highest BCUT2D eigenvalue weighted by molar-refractivity contribution is 9.11. The van der Waals surface area contributed by atoms with E-state index in [1.165, 1.54) is 76.5 Å². The molecule has 1 fully saturated rings. The summed E-state index contributed by atoms with van der Waals surface area (Å²) in [6.45, 7) is 8.01. The minimum atomic E-state index is -5.61. The van der Waals surface area contributed by atoms with Gasteiger partial charge in [-0.15, -0.1) is 68.4 Å². The van der Waals surface area contributed by atoms with Crippen molar-refractivity contribution in [2.24, 2.45) is 0 Å². The van der Waals surface area contributed by atoms with Gasteiger partial charge in [0.05, 0.1) is 12.8 Å². The van der Waals surface area contributed by atoms with Gasteiger partial charge in [-0.3, -0.25) is 0 Å². The number of allylic oxidation sites excluding steroid dienone is 2. The molecule has 6 heterocycles. The molecular formula is C34H30Br2F6S6. The van der Waals surface area contributed by atoms with Crippen molar-refractivity contribution in [3.63, 3.8) is 0 Å². The predicted molar refractivity (Wildman–Crippen MR) is 208 cm³/mol. The summed E-state index contributed by atoms with van der Waals surface area (Å²) < 4.78 is 93.9. The molecule has 0 aromatic carbocycles. The fraction of sp³-hybridized carbons (Fsp3) is 0.353. The highest BCUT2D eigenvalue weighted by atomic mass is 79.9. The van der Waals surface area contributed by atoms with Crippen molar-refractivity contribution in [1.82, 2.24) is 0 Å². The zero-order valence-electron chi connectivity index (χ0n) is 26.1. The Morgan fingerprint density at radius 3 is 1.79 bits per heavy atom. The molecule has 5 aromatic heterocycles. The topological polar surface area (TPSA) is 0 Å². The van der Waals surface area contributed by atoms with Crippen LogP contribution in [0.1, 0.15) is 54.0 Å². The lowest BCUT2D eigenvalue weighted by Gasteiger charge is -2.25. The number of halogens is 8. The first-order chi connectivity index (χ1) is 22.6. The lowest BCUT2D eigenvalue weighted by atomic mass is 9.95. The number of alkyl halides is 7. The fourth-order valence-corrected chi connectivity index (χ4v) is 12.3. The number of rotatable bonds is 5. The summed E-state index contributed by atoms with van der Waals surface area (Å²) in [6, 6.07) is 13.4. The van der Waals surface area contributed by atoms with E-state index in [1.54, 1.807) is 18.2 Å². The van der Waals surface area contributed by atoms with Crippen molar-refractivity contribution < 1.29 is 26.3 Å². The number of thiophene rings is 5. The van der Waals surface area contributed by atoms with Crippen LogP contribution in [0, 0.1) is 13.8 Å². The second-order valence-electron chi connectivity index (χ2n) is 11.1. The molecule has 1 aliphatic heterocycles. The Morgan fingerprint density at radius 1 is 0.729 bits per heavy atom. The molecule has 0 amide bonds. The zero-order chi connectivity index (χ0) is 35.0. The van der Waals surface area contributed by atoms with Crippen molar-refractivity contribution >= 4 is 111 Å². The average Bonchev–Trinajstić information content (AvgIpc) is 3.85. The third-order valence-electron chi connectivity index (χ3n) is 7.19. The number of hydrogen-bond donors (Lipinski definition) is 0. The average molecular weight is 905 g/mol. The molecule has 5 aromatic rings. The summed E-state index contributed by atoms with van der Waals surface area (Å²) in [5.41, 5.74) is -3.26. The fourth-order valence-electron chi connectivity index (χ4n) is 5.04. The van der Waals surface area contributed by atoms with Crippen LogP contribution in [0.4, 0.5) is 26.3 Å². The standard InChI is InChI=1S/C27H15BrF6S5.C4H7BrS.C3H8/c1-12-3-5-16(36-12)19-9-14(11-35-19)22-23(26(31,32)27(33,34)25(22,29)30)15-10-20(17-6-4-13(2)37-17)39-24(15)18-7-8-21(28)38-18;5-4-2-1-3-6-4;1-3-2/h3-11H,1-2H3;4H,1-3H2;3H2,1-2H3. The Balaban J connectivity index is 0.000000440. The van der Waals surface area contributed by atoms with Gasteiger partial charge in [-0.25, -0.2) is 0 Å². The summed E-state index contributed by atoms with van der Waals surface area (Å²) in [6.07, 6.45) is 4.02. The Kier molecular flexibility index (Phi) is 12.3. The second kappa shape index (κ2) is 15.4. The van der Waals surface area contributed by atoms with Crippen LogP contribution in [0.3, 0.4) is 0 Å². The van der Waals surface area contributed by atoms with Crippen LogP contribution in [0.25, 0.3) is 40.4 Å². The maximum Gasteiger partial charge on any atom is 0.380 e. The van der Waals surface area contributed by atoms with Gasteiger partial charge in [-0.1, -0.05) is 36.2 Å². The molecule has 1 atom stereocenters. The van der Waals surface area contributed by atoms with Gasteiger partial charge in [-0.05, 0) is 108 Å². The Bertz CT molecular complexity index is 1890. The van der Waals surface area contributed by atoms with Crippen LogP contribution in [-0.2, 0) is 0 Å². The summed E-state index contributed by atoms with van der Waals surface area (Å²) in [5, 5.41) is 1.27. The molecule has 0 bridgehead atoms. The van der Waals surface area contributed by atoms with Gasteiger partial charge in [0.25, 0.3) is 0 Å². The van der Waals surface area contributed by atoms with Crippen LogP contribution in [0.2, 0.25) is 0 Å². The van der Waals surface area contributed by atoms with Gasteiger partial charge < -0.3 is 0 Å². The molecule has 1 aliphatic carbocycles. The minimum absolute atomic E-state index is 0.247. The SMILES string of the molecule is BrC1CCCS1.CCC.Cc1ccc(-c2cc(C3=C(c4cc(-c5ccc(C)s5)sc4-c4ccc(Br)s4)C(F)(F)C(F)(F)C3(F)F)cs2)s1. The summed E-state index contributed by atoms with van der Waals surface area (Å²) in [5.74, 6) is -14.5. The molecule has 0 nitrogen and oxygen atoms in total. The van der Waals surface area contributed by atoms with Crippen LogP contribution in [-0.4, -0.2) is 27.7 Å². The highest BCUT2D eigenvalue weighted by Gasteiger charge is 2.80. The first-order valence-electron chi connectivity index (χ1n) is 14.9. The van der Waals surface area contributed by atoms with Crippen LogP contribution in [0.5, 0.6) is 0 Å². The van der Waals surface area contributed by atoms with E-state index in [0.29, 0.717) is 18.4 Å². The van der Waals surface area contributed by atoms with Crippen molar-refractivity contribution in [3.05, 3.63) is 78.6 Å². The smallest absolute Gasteiger partial charge is 0.194 e. The number of hydrogen-bond acceptors (Lipinski definition) is 6. The zero-order valence-corrected chi connectivity index (χ0v) is 34.1. The summed E-state index contributed by atoms with van der Waals surface area (Å²) in [7, 11) is 0. The number of aryl methyl sites for hydroxylation is 2. The van der Waals surface area contributed by atoms with Gasteiger partial charge in [0.2, 0.25) is 0 Å². The van der Waals surface area contributed by atoms with Crippen molar-refractivity contribution in [3.8, 4) is 29.3 Å². The molecule has 0 N–H and O–H groups in total. The molecule has 258 valence electrons. The van der Waals surface area contributed by atoms with Crippen molar-refractivity contribution in [2.45, 2.75) is 68.9 Å². The molecule has 48 heavy (non-hydrogen) atoms. The van der Waals surface area contributed by atoms with Gasteiger partial charge in [0.15, 0.2) is 0 Å². The van der Waals surface area contributed by atoms with E-state index in [0.717, 1.165) is 46.3 Å². The van der Waals surface area contributed by atoms with Gasteiger partial charge in [0.1, 0.15) is 0 Å². The third kappa shape index (κ3) is 7.52. The largest absolute Gasteiger partial charge is 0.380 e. The van der Waals surface area contributed by atoms with Gasteiger partial charge in [0, 0.05) is 50.8 Å². The molecule has 1 unspecified atom stereocenters. The maximum atomic E-state index is 15.7. The maximum absolute atomic E-state index is 15.7. The van der Waals surface area contributed by atoms with Crippen LogP contribution in [0.15, 0.2) is 57.7 Å². The Labute approximate surface area is 317 Å². The van der Waals surface area contributed by atoms with E-state index < -0.39 is 28.9 Å². The van der Waals surface area contributed by atoms with E-state index in [9.17, 15) is 0 Å².